The van der Waals surface area contributed by atoms with Crippen molar-refractivity contribution in [1.29, 1.82) is 0 Å². The molecule has 2 rings (SSSR count). The number of benzene rings is 1. The Bertz CT molecular complexity index is 531. The average Bonchev–Trinajstić information content (AvgIpc) is 2.46. The van der Waals surface area contributed by atoms with E-state index in [1.165, 1.54) is 30.2 Å². The van der Waals surface area contributed by atoms with Crippen LogP contribution in [-0.2, 0) is 4.79 Å². The Morgan fingerprint density at radius 3 is 2.80 bits per heavy atom. The van der Waals surface area contributed by atoms with Gasteiger partial charge in [-0.3, -0.25) is 4.79 Å². The number of nitrogens with zero attached hydrogens (tertiary/aromatic N) is 1. The Labute approximate surface area is 115 Å². The van der Waals surface area contributed by atoms with Crippen molar-refractivity contribution in [2.75, 3.05) is 26.7 Å². The van der Waals surface area contributed by atoms with Gasteiger partial charge in [-0.15, -0.1) is 0 Å². The Morgan fingerprint density at radius 2 is 2.20 bits per heavy atom. The lowest BCUT2D eigenvalue weighted by atomic mass is 10.1. The van der Waals surface area contributed by atoms with Crippen molar-refractivity contribution >= 4 is 11.9 Å². The number of amides is 1. The molecule has 1 aliphatic rings. The molecule has 3 N–H and O–H groups in total. The fourth-order valence-corrected chi connectivity index (χ4v) is 2.16. The molecule has 0 bridgehead atoms. The molecule has 1 saturated heterocycles. The van der Waals surface area contributed by atoms with Gasteiger partial charge in [0.15, 0.2) is 11.5 Å². The first-order valence-corrected chi connectivity index (χ1v) is 6.16. The summed E-state index contributed by atoms with van der Waals surface area (Å²) in [7, 11) is 1.41. The van der Waals surface area contributed by atoms with Crippen LogP contribution in [0.15, 0.2) is 18.2 Å². The largest absolute Gasteiger partial charge is 0.504 e. The highest BCUT2D eigenvalue weighted by Gasteiger charge is 2.32. The second kappa shape index (κ2) is 5.79. The molecule has 1 aromatic carbocycles. The van der Waals surface area contributed by atoms with Gasteiger partial charge in [0, 0.05) is 25.2 Å². The predicted molar refractivity (Wildman–Crippen MR) is 70.0 cm³/mol. The Kier molecular flexibility index (Phi) is 4.09. The van der Waals surface area contributed by atoms with E-state index in [2.05, 4.69) is 5.32 Å². The van der Waals surface area contributed by atoms with E-state index in [-0.39, 0.29) is 23.6 Å². The highest BCUT2D eigenvalue weighted by Crippen LogP contribution is 2.27. The fraction of sp³-hybridized carbons (Fsp3) is 0.385. The lowest BCUT2D eigenvalue weighted by Gasteiger charge is -2.33. The number of phenols is 1. The number of carbonyl (C=O) groups excluding carboxylic acids is 1. The number of aliphatic carboxylic acids is 1. The number of methoxy groups -OCH3 is 1. The summed E-state index contributed by atoms with van der Waals surface area (Å²) in [5.41, 5.74) is 0.233. The topological polar surface area (TPSA) is 99.1 Å². The van der Waals surface area contributed by atoms with Crippen LogP contribution in [0.4, 0.5) is 0 Å². The number of hydrogen-bond donors (Lipinski definition) is 3. The highest BCUT2D eigenvalue weighted by molar-refractivity contribution is 5.97. The highest BCUT2D eigenvalue weighted by atomic mass is 16.5. The van der Waals surface area contributed by atoms with Crippen molar-refractivity contribution in [3.05, 3.63) is 23.8 Å². The van der Waals surface area contributed by atoms with E-state index < -0.39 is 17.9 Å². The Balaban J connectivity index is 2.25. The molecule has 0 aliphatic carbocycles. The van der Waals surface area contributed by atoms with Crippen molar-refractivity contribution in [2.45, 2.75) is 6.04 Å². The number of rotatable bonds is 3. The number of hydrogen-bond acceptors (Lipinski definition) is 5. The van der Waals surface area contributed by atoms with Gasteiger partial charge in [0.1, 0.15) is 6.04 Å². The van der Waals surface area contributed by atoms with Crippen LogP contribution >= 0.6 is 0 Å². The SMILES string of the molecule is COc1ccc(C(=O)N2CCNCC2C(=O)O)cc1O. The zero-order valence-corrected chi connectivity index (χ0v) is 11.0. The van der Waals surface area contributed by atoms with Gasteiger partial charge in [-0.2, -0.15) is 0 Å². The number of ether oxygens (including phenoxy) is 1. The number of carboxylic acids is 1. The molecule has 108 valence electrons. The Hall–Kier alpha value is -2.28. The predicted octanol–water partition coefficient (Wildman–Crippen LogP) is -0.101. The molecule has 1 amide bonds. The second-order valence-electron chi connectivity index (χ2n) is 4.44. The summed E-state index contributed by atoms with van der Waals surface area (Å²) in [6.45, 7) is 1.06. The van der Waals surface area contributed by atoms with E-state index in [0.29, 0.717) is 13.1 Å². The minimum absolute atomic E-state index is 0.152. The van der Waals surface area contributed by atoms with Crippen LogP contribution in [-0.4, -0.2) is 59.8 Å². The molecule has 1 aromatic rings. The molecule has 0 spiro atoms. The Morgan fingerprint density at radius 1 is 1.45 bits per heavy atom. The maximum Gasteiger partial charge on any atom is 0.327 e. The van der Waals surface area contributed by atoms with Crippen molar-refractivity contribution in [2.24, 2.45) is 0 Å². The molecule has 1 heterocycles. The van der Waals surface area contributed by atoms with Crippen LogP contribution in [0.5, 0.6) is 11.5 Å². The summed E-state index contributed by atoms with van der Waals surface area (Å²) in [5, 5.41) is 21.8. The van der Waals surface area contributed by atoms with Gasteiger partial charge in [-0.1, -0.05) is 0 Å². The summed E-state index contributed by atoms with van der Waals surface area (Å²) >= 11 is 0. The summed E-state index contributed by atoms with van der Waals surface area (Å²) in [5.74, 6) is -1.36. The third-order valence-electron chi connectivity index (χ3n) is 3.22. The van der Waals surface area contributed by atoms with Crippen molar-refractivity contribution in [3.63, 3.8) is 0 Å². The first-order chi connectivity index (χ1) is 9.54. The molecule has 1 fully saturated rings. The molecular formula is C13H16N2O5. The number of piperazine rings is 1. The summed E-state index contributed by atoms with van der Waals surface area (Å²) in [6, 6.07) is 3.35. The van der Waals surface area contributed by atoms with Gasteiger partial charge >= 0.3 is 5.97 Å². The van der Waals surface area contributed by atoms with Crippen molar-refractivity contribution in [3.8, 4) is 11.5 Å². The molecule has 0 radical (unpaired) electrons. The fourth-order valence-electron chi connectivity index (χ4n) is 2.16. The number of carboxylic acid groups (broad SMARTS) is 1. The lowest BCUT2D eigenvalue weighted by molar-refractivity contribution is -0.142. The third kappa shape index (κ3) is 2.67. The third-order valence-corrected chi connectivity index (χ3v) is 3.22. The van der Waals surface area contributed by atoms with Crippen molar-refractivity contribution in [1.82, 2.24) is 10.2 Å². The maximum atomic E-state index is 12.3. The molecule has 20 heavy (non-hydrogen) atoms. The molecule has 0 aromatic heterocycles. The quantitative estimate of drug-likeness (QED) is 0.715. The summed E-state index contributed by atoms with van der Waals surface area (Å²) in [6.07, 6.45) is 0. The lowest BCUT2D eigenvalue weighted by Crippen LogP contribution is -2.56. The minimum atomic E-state index is -1.05. The van der Waals surface area contributed by atoms with Gasteiger partial charge in [-0.25, -0.2) is 4.79 Å². The zero-order valence-electron chi connectivity index (χ0n) is 11.0. The summed E-state index contributed by atoms with van der Waals surface area (Å²) < 4.78 is 4.91. The van der Waals surface area contributed by atoms with Crippen LogP contribution in [0.25, 0.3) is 0 Å². The van der Waals surface area contributed by atoms with Gasteiger partial charge in [0.25, 0.3) is 5.91 Å². The maximum absolute atomic E-state index is 12.3. The monoisotopic (exact) mass is 280 g/mol. The van der Waals surface area contributed by atoms with Crippen molar-refractivity contribution < 1.29 is 24.5 Å². The van der Waals surface area contributed by atoms with Gasteiger partial charge in [0.05, 0.1) is 7.11 Å². The molecule has 0 saturated carbocycles. The normalized spacial score (nSPS) is 18.6. The van der Waals surface area contributed by atoms with Crippen LogP contribution in [0.2, 0.25) is 0 Å². The number of carbonyl (C=O) groups is 2. The number of aromatic hydroxyl groups is 1. The number of nitrogens with one attached hydrogen (secondary N) is 1. The second-order valence-corrected chi connectivity index (χ2v) is 4.44. The van der Waals surface area contributed by atoms with Gasteiger partial charge < -0.3 is 25.2 Å². The first-order valence-electron chi connectivity index (χ1n) is 6.16. The van der Waals surface area contributed by atoms with E-state index in [1.807, 2.05) is 0 Å². The number of phenolic OH excluding ortho intramolecular Hbond substituents is 1. The zero-order chi connectivity index (χ0) is 14.7. The van der Waals surface area contributed by atoms with E-state index in [9.17, 15) is 14.7 Å². The molecule has 1 unspecified atom stereocenters. The molecule has 1 atom stereocenters. The van der Waals surface area contributed by atoms with Crippen LogP contribution in [0.1, 0.15) is 10.4 Å². The molecule has 7 heteroatoms. The molecule has 7 nitrogen and oxygen atoms in total. The standard InChI is InChI=1S/C13H16N2O5/c1-20-11-3-2-8(6-10(11)16)12(17)15-5-4-14-7-9(15)13(18)19/h2-3,6,9,14,16H,4-5,7H2,1H3,(H,18,19). The van der Waals surface area contributed by atoms with Crippen LogP contribution in [0, 0.1) is 0 Å². The minimum Gasteiger partial charge on any atom is -0.504 e. The van der Waals surface area contributed by atoms with Gasteiger partial charge in [0.2, 0.25) is 0 Å². The molecular weight excluding hydrogens is 264 g/mol. The van der Waals surface area contributed by atoms with E-state index in [4.69, 9.17) is 9.84 Å². The van der Waals surface area contributed by atoms with Crippen LogP contribution < -0.4 is 10.1 Å². The average molecular weight is 280 g/mol. The van der Waals surface area contributed by atoms with E-state index in [1.54, 1.807) is 0 Å². The summed E-state index contributed by atoms with van der Waals surface area (Å²) in [4.78, 5) is 24.8. The van der Waals surface area contributed by atoms with Gasteiger partial charge in [-0.05, 0) is 18.2 Å². The molecule has 1 aliphatic heterocycles. The van der Waals surface area contributed by atoms with E-state index in [0.717, 1.165) is 0 Å². The van der Waals surface area contributed by atoms with E-state index >= 15 is 0 Å². The smallest absolute Gasteiger partial charge is 0.327 e. The first kappa shape index (κ1) is 14.1. The van der Waals surface area contributed by atoms with Crippen LogP contribution in [0.3, 0.4) is 0 Å².